The summed E-state index contributed by atoms with van der Waals surface area (Å²) < 4.78 is 1.93. The number of hydrogen-bond donors (Lipinski definition) is 0. The van der Waals surface area contributed by atoms with Crippen molar-refractivity contribution in [2.75, 3.05) is 0 Å². The Morgan fingerprint density at radius 2 is 2.29 bits per heavy atom. The van der Waals surface area contributed by atoms with Crippen LogP contribution in [0.15, 0.2) is 24.3 Å². The summed E-state index contributed by atoms with van der Waals surface area (Å²) in [6, 6.07) is 0. The quantitative estimate of drug-likeness (QED) is 0.498. The Morgan fingerprint density at radius 3 is 2.43 bits per heavy atom. The van der Waals surface area contributed by atoms with Crippen LogP contribution in [0, 0.1) is 0 Å². The minimum absolute atomic E-state index is 1.20. The molecule has 0 saturated heterocycles. The van der Waals surface area contributed by atoms with Crippen LogP contribution in [0.5, 0.6) is 0 Å². The molecule has 0 radical (unpaired) electrons. The molecule has 0 fully saturated rings. The zero-order chi connectivity index (χ0) is 5.70. The Kier molecular flexibility index (Phi) is 4.06. The first kappa shape index (κ1) is 6.93. The predicted octanol–water partition coefficient (Wildman–Crippen LogP) is 1.47. The molecule has 0 atom stereocenters. The first-order valence-electron chi connectivity index (χ1n) is 2.08. The van der Waals surface area contributed by atoms with Crippen molar-refractivity contribution >= 4 is 4.73 Å². The molecule has 0 aromatic heterocycles. The topological polar surface area (TPSA) is 0 Å². The van der Waals surface area contributed by atoms with Crippen molar-refractivity contribution < 1.29 is 17.0 Å². The molecule has 0 aliphatic heterocycles. The van der Waals surface area contributed by atoms with E-state index in [1.54, 1.807) is 0 Å². The molecule has 0 rings (SSSR count). The van der Waals surface area contributed by atoms with E-state index in [1.165, 1.54) is 5.57 Å². The van der Waals surface area contributed by atoms with Crippen molar-refractivity contribution in [2.24, 2.45) is 0 Å². The van der Waals surface area contributed by atoms with Crippen molar-refractivity contribution in [3.63, 3.8) is 0 Å². The molecule has 37 valence electrons. The molecule has 7 heavy (non-hydrogen) atoms. The molecule has 0 saturated carbocycles. The summed E-state index contributed by atoms with van der Waals surface area (Å²) in [5, 5.41) is 0. The Labute approximate surface area is 53.4 Å². The van der Waals surface area contributed by atoms with Gasteiger partial charge in [0, 0.05) is 0 Å². The average molecular weight is 131 g/mol. The van der Waals surface area contributed by atoms with Crippen LogP contribution in [0.1, 0.15) is 6.92 Å². The Hall–Kier alpha value is -0.0656. The van der Waals surface area contributed by atoms with Gasteiger partial charge in [-0.3, -0.25) is 0 Å². The molecule has 0 amide bonds. The molecule has 0 heterocycles. The van der Waals surface area contributed by atoms with Gasteiger partial charge in [0.25, 0.3) is 0 Å². The van der Waals surface area contributed by atoms with Gasteiger partial charge >= 0.3 is 52.9 Å². The SMILES string of the molecule is C=C/C(C)=C\[CH]=[V]. The first-order valence-corrected chi connectivity index (χ1v) is 2.88. The average Bonchev–Trinajstić information content (AvgIpc) is 1.68. The van der Waals surface area contributed by atoms with Crippen LogP contribution in [-0.2, 0) is 17.0 Å². The number of allylic oxidation sites excluding steroid dienone is 3. The molecule has 0 aliphatic carbocycles. The fourth-order valence-corrected chi connectivity index (χ4v) is 0.553. The summed E-state index contributed by atoms with van der Waals surface area (Å²) in [5.74, 6) is 0. The van der Waals surface area contributed by atoms with Crippen LogP contribution in [-0.4, -0.2) is 4.73 Å². The van der Waals surface area contributed by atoms with E-state index >= 15 is 0 Å². The third-order valence-corrected chi connectivity index (χ3v) is 0.892. The van der Waals surface area contributed by atoms with Gasteiger partial charge in [-0.1, -0.05) is 0 Å². The van der Waals surface area contributed by atoms with Gasteiger partial charge in [-0.2, -0.15) is 0 Å². The van der Waals surface area contributed by atoms with E-state index in [1.807, 2.05) is 23.8 Å². The molecule has 0 bridgehead atoms. The number of rotatable bonds is 2. The van der Waals surface area contributed by atoms with Gasteiger partial charge in [0.2, 0.25) is 0 Å². The maximum atomic E-state index is 3.58. The van der Waals surface area contributed by atoms with E-state index in [0.29, 0.717) is 0 Å². The second-order valence-corrected chi connectivity index (χ2v) is 1.73. The molecule has 0 nitrogen and oxygen atoms in total. The summed E-state index contributed by atoms with van der Waals surface area (Å²) in [6.07, 6.45) is 3.82. The van der Waals surface area contributed by atoms with Gasteiger partial charge in [0.05, 0.1) is 0 Å². The second-order valence-electron chi connectivity index (χ2n) is 1.26. The van der Waals surface area contributed by atoms with Gasteiger partial charge in [-0.05, 0) is 0 Å². The summed E-state index contributed by atoms with van der Waals surface area (Å²) >= 11 is 2.38. The molecular weight excluding hydrogens is 123 g/mol. The van der Waals surface area contributed by atoms with Crippen LogP contribution < -0.4 is 0 Å². The van der Waals surface area contributed by atoms with Gasteiger partial charge in [0.15, 0.2) is 0 Å². The third-order valence-electron chi connectivity index (χ3n) is 0.659. The van der Waals surface area contributed by atoms with Crippen molar-refractivity contribution in [2.45, 2.75) is 6.92 Å². The van der Waals surface area contributed by atoms with Crippen LogP contribution in [0.3, 0.4) is 0 Å². The molecule has 0 spiro atoms. The summed E-state index contributed by atoms with van der Waals surface area (Å²) in [7, 11) is 0. The Morgan fingerprint density at radius 1 is 1.71 bits per heavy atom. The normalized spacial score (nSPS) is 10.6. The zero-order valence-corrected chi connectivity index (χ0v) is 5.78. The fourth-order valence-electron chi connectivity index (χ4n) is 0.186. The van der Waals surface area contributed by atoms with E-state index in [4.69, 9.17) is 0 Å². The first-order chi connectivity index (χ1) is 3.31. The van der Waals surface area contributed by atoms with Crippen molar-refractivity contribution in [3.8, 4) is 0 Å². The van der Waals surface area contributed by atoms with Crippen molar-refractivity contribution in [1.82, 2.24) is 0 Å². The fraction of sp³-hybridized carbons (Fsp3) is 0.167. The van der Waals surface area contributed by atoms with Gasteiger partial charge in [-0.25, -0.2) is 0 Å². The molecule has 0 N–H and O–H groups in total. The Balaban J connectivity index is 3.72. The van der Waals surface area contributed by atoms with Crippen LogP contribution in [0.2, 0.25) is 0 Å². The van der Waals surface area contributed by atoms with Gasteiger partial charge in [0.1, 0.15) is 0 Å². The van der Waals surface area contributed by atoms with Gasteiger partial charge in [-0.15, -0.1) is 0 Å². The zero-order valence-electron chi connectivity index (χ0n) is 4.39. The van der Waals surface area contributed by atoms with Crippen molar-refractivity contribution in [3.05, 3.63) is 24.3 Å². The molecule has 1 heteroatoms. The maximum absolute atomic E-state index is 3.58. The molecule has 0 unspecified atom stereocenters. The van der Waals surface area contributed by atoms with Crippen LogP contribution in [0.25, 0.3) is 0 Å². The molecule has 0 aromatic rings. The van der Waals surface area contributed by atoms with E-state index < -0.39 is 0 Å². The Bertz CT molecular complexity index is 101. The van der Waals surface area contributed by atoms with E-state index in [2.05, 4.69) is 23.6 Å². The summed E-state index contributed by atoms with van der Waals surface area (Å²) in [5.41, 5.74) is 1.20. The van der Waals surface area contributed by atoms with Crippen molar-refractivity contribution in [1.29, 1.82) is 0 Å². The van der Waals surface area contributed by atoms with Crippen LogP contribution >= 0.6 is 0 Å². The molecule has 0 aliphatic rings. The summed E-state index contributed by atoms with van der Waals surface area (Å²) in [4.78, 5) is 0. The molecule has 0 aromatic carbocycles. The summed E-state index contributed by atoms with van der Waals surface area (Å²) in [6.45, 7) is 5.59. The molecular formula is C6H8V. The third kappa shape index (κ3) is 3.77. The van der Waals surface area contributed by atoms with Crippen LogP contribution in [0.4, 0.5) is 0 Å². The standard InChI is InChI=1S/C6H8.V/c1-4-6(3)5-2;/h1,4-5H,2H2,3H3;/b6-4-;. The predicted molar refractivity (Wildman–Crippen MR) is 30.0 cm³/mol. The second kappa shape index (κ2) is 4.10. The van der Waals surface area contributed by atoms with Gasteiger partial charge < -0.3 is 0 Å². The number of hydrogen-bond acceptors (Lipinski definition) is 0. The van der Waals surface area contributed by atoms with E-state index in [-0.39, 0.29) is 0 Å². The van der Waals surface area contributed by atoms with E-state index in [0.717, 1.165) is 0 Å². The minimum atomic E-state index is 1.20. The monoisotopic (exact) mass is 131 g/mol. The van der Waals surface area contributed by atoms with E-state index in [9.17, 15) is 0 Å².